The number of nitriles is 1. The second-order valence-electron chi connectivity index (χ2n) is 5.26. The smallest absolute Gasteiger partial charge is 0.253 e. The van der Waals surface area contributed by atoms with E-state index in [0.29, 0.717) is 36.5 Å². The minimum absolute atomic E-state index is 0.0324. The fraction of sp³-hybridized carbons (Fsp3) is 0.438. The summed E-state index contributed by atoms with van der Waals surface area (Å²) in [5, 5.41) is 11.7. The van der Waals surface area contributed by atoms with Crippen LogP contribution in [-0.4, -0.2) is 41.7 Å². The minimum atomic E-state index is -0.0353. The molecular formula is C16H18ClN3O2. The third kappa shape index (κ3) is 4.22. The van der Waals surface area contributed by atoms with Crippen molar-refractivity contribution in [3.63, 3.8) is 0 Å². The van der Waals surface area contributed by atoms with Gasteiger partial charge in [0.15, 0.2) is 0 Å². The molecule has 0 atom stereocenters. The van der Waals surface area contributed by atoms with Gasteiger partial charge >= 0.3 is 0 Å². The number of hydrogen-bond acceptors (Lipinski definition) is 3. The normalized spacial score (nSPS) is 15.2. The van der Waals surface area contributed by atoms with Crippen LogP contribution in [0.5, 0.6) is 0 Å². The van der Waals surface area contributed by atoms with Crippen LogP contribution < -0.4 is 5.32 Å². The lowest BCUT2D eigenvalue weighted by Crippen LogP contribution is -2.46. The zero-order valence-electron chi connectivity index (χ0n) is 12.2. The molecule has 1 aromatic rings. The Hall–Kier alpha value is -2.06. The number of nitrogens with zero attached hydrogens (tertiary/aromatic N) is 2. The summed E-state index contributed by atoms with van der Waals surface area (Å²) in [7, 11) is 0. The van der Waals surface area contributed by atoms with E-state index in [-0.39, 0.29) is 17.9 Å². The van der Waals surface area contributed by atoms with Gasteiger partial charge in [-0.05, 0) is 37.1 Å². The maximum atomic E-state index is 12.4. The molecule has 116 valence electrons. The Kier molecular flexibility index (Phi) is 5.79. The largest absolute Gasteiger partial charge is 0.353 e. The molecule has 1 aromatic carbocycles. The lowest BCUT2D eigenvalue weighted by molar-refractivity contribution is -0.121. The van der Waals surface area contributed by atoms with Gasteiger partial charge in [0, 0.05) is 37.0 Å². The lowest BCUT2D eigenvalue weighted by atomic mass is 10.0. The van der Waals surface area contributed by atoms with Gasteiger partial charge in [-0.1, -0.05) is 0 Å². The summed E-state index contributed by atoms with van der Waals surface area (Å²) >= 11 is 5.53. The Morgan fingerprint density at radius 1 is 1.27 bits per heavy atom. The Morgan fingerprint density at radius 2 is 1.91 bits per heavy atom. The van der Waals surface area contributed by atoms with E-state index < -0.39 is 0 Å². The highest BCUT2D eigenvalue weighted by molar-refractivity contribution is 6.18. The van der Waals surface area contributed by atoms with Crippen LogP contribution >= 0.6 is 11.6 Å². The Labute approximate surface area is 134 Å². The van der Waals surface area contributed by atoms with Crippen molar-refractivity contribution in [1.29, 1.82) is 5.26 Å². The average Bonchev–Trinajstić information content (AvgIpc) is 2.55. The van der Waals surface area contributed by atoms with Crippen molar-refractivity contribution in [2.24, 2.45) is 0 Å². The van der Waals surface area contributed by atoms with E-state index in [9.17, 15) is 9.59 Å². The van der Waals surface area contributed by atoms with Crippen LogP contribution in [0.3, 0.4) is 0 Å². The SMILES string of the molecule is N#Cc1ccc(C(=O)N2CCC(NC(=O)CCCl)CC2)cc1. The van der Waals surface area contributed by atoms with Crippen LogP contribution in [0.2, 0.25) is 0 Å². The molecule has 5 nitrogen and oxygen atoms in total. The summed E-state index contributed by atoms with van der Waals surface area (Å²) < 4.78 is 0. The van der Waals surface area contributed by atoms with Gasteiger partial charge in [-0.2, -0.15) is 5.26 Å². The van der Waals surface area contributed by atoms with Crippen molar-refractivity contribution in [2.75, 3.05) is 19.0 Å². The van der Waals surface area contributed by atoms with Gasteiger partial charge < -0.3 is 10.2 Å². The summed E-state index contributed by atoms with van der Waals surface area (Å²) in [5.74, 6) is 0.254. The van der Waals surface area contributed by atoms with Crippen molar-refractivity contribution in [1.82, 2.24) is 10.2 Å². The fourth-order valence-corrected chi connectivity index (χ4v) is 2.65. The number of piperidine rings is 1. The number of alkyl halides is 1. The monoisotopic (exact) mass is 319 g/mol. The first kappa shape index (κ1) is 16.3. The fourth-order valence-electron chi connectivity index (χ4n) is 2.48. The third-order valence-electron chi connectivity index (χ3n) is 3.73. The standard InChI is InChI=1S/C16H18ClN3O2/c17-8-5-15(21)19-14-6-9-20(10-7-14)16(22)13-3-1-12(11-18)2-4-13/h1-4,14H,5-10H2,(H,19,21). The van der Waals surface area contributed by atoms with Gasteiger partial charge in [0.05, 0.1) is 11.6 Å². The Bertz CT molecular complexity index is 572. The molecule has 2 rings (SSSR count). The molecule has 0 radical (unpaired) electrons. The highest BCUT2D eigenvalue weighted by Crippen LogP contribution is 2.14. The number of likely N-dealkylation sites (tertiary alicyclic amines) is 1. The number of halogens is 1. The number of hydrogen-bond donors (Lipinski definition) is 1. The molecule has 0 unspecified atom stereocenters. The third-order valence-corrected chi connectivity index (χ3v) is 3.92. The van der Waals surface area contributed by atoms with Crippen LogP contribution in [0.1, 0.15) is 35.2 Å². The van der Waals surface area contributed by atoms with Gasteiger partial charge in [0.2, 0.25) is 5.91 Å². The van der Waals surface area contributed by atoms with Crippen molar-refractivity contribution in [2.45, 2.75) is 25.3 Å². The highest BCUT2D eigenvalue weighted by Gasteiger charge is 2.24. The summed E-state index contributed by atoms with van der Waals surface area (Å²) in [6.45, 7) is 1.23. The van der Waals surface area contributed by atoms with Gasteiger partial charge in [0.25, 0.3) is 5.91 Å². The van der Waals surface area contributed by atoms with Crippen LogP contribution in [0.4, 0.5) is 0 Å². The minimum Gasteiger partial charge on any atom is -0.353 e. The van der Waals surface area contributed by atoms with E-state index in [1.807, 2.05) is 6.07 Å². The van der Waals surface area contributed by atoms with E-state index in [2.05, 4.69) is 5.32 Å². The molecule has 1 saturated heterocycles. The molecule has 1 aliphatic rings. The van der Waals surface area contributed by atoms with Crippen LogP contribution in [0, 0.1) is 11.3 Å². The maximum Gasteiger partial charge on any atom is 0.253 e. The van der Waals surface area contributed by atoms with E-state index in [0.717, 1.165) is 12.8 Å². The summed E-state index contributed by atoms with van der Waals surface area (Å²) in [4.78, 5) is 25.7. The maximum absolute atomic E-state index is 12.4. The summed E-state index contributed by atoms with van der Waals surface area (Å²) in [5.41, 5.74) is 1.13. The number of carbonyl (C=O) groups excluding carboxylic acids is 2. The molecule has 6 heteroatoms. The van der Waals surface area contributed by atoms with Gasteiger partial charge in [-0.25, -0.2) is 0 Å². The Balaban J connectivity index is 1.86. The number of amides is 2. The van der Waals surface area contributed by atoms with Crippen molar-refractivity contribution >= 4 is 23.4 Å². The second-order valence-corrected chi connectivity index (χ2v) is 5.64. The molecule has 1 fully saturated rings. The van der Waals surface area contributed by atoms with E-state index in [1.165, 1.54) is 0 Å². The number of rotatable bonds is 4. The second kappa shape index (κ2) is 7.81. The zero-order chi connectivity index (χ0) is 15.9. The molecule has 1 N–H and O–H groups in total. The zero-order valence-corrected chi connectivity index (χ0v) is 13.0. The number of benzene rings is 1. The van der Waals surface area contributed by atoms with E-state index in [4.69, 9.17) is 16.9 Å². The predicted molar refractivity (Wildman–Crippen MR) is 83.6 cm³/mol. The highest BCUT2D eigenvalue weighted by atomic mass is 35.5. The van der Waals surface area contributed by atoms with Crippen LogP contribution in [-0.2, 0) is 4.79 Å². The van der Waals surface area contributed by atoms with Crippen molar-refractivity contribution in [3.8, 4) is 6.07 Å². The van der Waals surface area contributed by atoms with Gasteiger partial charge in [-0.15, -0.1) is 11.6 Å². The van der Waals surface area contributed by atoms with Crippen molar-refractivity contribution in [3.05, 3.63) is 35.4 Å². The van der Waals surface area contributed by atoms with Crippen molar-refractivity contribution < 1.29 is 9.59 Å². The summed E-state index contributed by atoms with van der Waals surface area (Å²) in [6, 6.07) is 8.79. The molecule has 0 spiro atoms. The molecule has 2 amide bonds. The van der Waals surface area contributed by atoms with Gasteiger partial charge in [0.1, 0.15) is 0 Å². The number of nitrogens with one attached hydrogen (secondary N) is 1. The van der Waals surface area contributed by atoms with Crippen LogP contribution in [0.25, 0.3) is 0 Å². The molecule has 1 heterocycles. The quantitative estimate of drug-likeness (QED) is 0.862. The topological polar surface area (TPSA) is 73.2 Å². The first-order valence-corrected chi connectivity index (χ1v) is 7.82. The molecule has 0 aromatic heterocycles. The number of carbonyl (C=O) groups is 2. The first-order chi connectivity index (χ1) is 10.6. The van der Waals surface area contributed by atoms with Crippen LogP contribution in [0.15, 0.2) is 24.3 Å². The molecular weight excluding hydrogens is 302 g/mol. The van der Waals surface area contributed by atoms with E-state index in [1.54, 1.807) is 29.2 Å². The molecule has 22 heavy (non-hydrogen) atoms. The lowest BCUT2D eigenvalue weighted by Gasteiger charge is -2.32. The summed E-state index contributed by atoms with van der Waals surface area (Å²) in [6.07, 6.45) is 1.82. The van der Waals surface area contributed by atoms with E-state index >= 15 is 0 Å². The van der Waals surface area contributed by atoms with Gasteiger partial charge in [-0.3, -0.25) is 9.59 Å². The predicted octanol–water partition coefficient (Wildman–Crippen LogP) is 1.91. The molecule has 0 saturated carbocycles. The Morgan fingerprint density at radius 3 is 2.45 bits per heavy atom. The molecule has 0 aliphatic carbocycles. The first-order valence-electron chi connectivity index (χ1n) is 7.29. The average molecular weight is 320 g/mol. The molecule has 0 bridgehead atoms. The molecule has 1 aliphatic heterocycles.